The summed E-state index contributed by atoms with van der Waals surface area (Å²) in [6.07, 6.45) is 1.44. The van der Waals surface area contributed by atoms with Crippen LogP contribution in [0, 0.1) is 17.7 Å². The third kappa shape index (κ3) is 4.44. The molecule has 5 heteroatoms. The zero-order chi connectivity index (χ0) is 16.1. The topological polar surface area (TPSA) is 58.6 Å². The highest BCUT2D eigenvalue weighted by atomic mass is 19.1. The van der Waals surface area contributed by atoms with Crippen molar-refractivity contribution in [2.24, 2.45) is 11.8 Å². The highest BCUT2D eigenvalue weighted by Crippen LogP contribution is 2.29. The summed E-state index contributed by atoms with van der Waals surface area (Å²) in [6.45, 7) is 4.90. The monoisotopic (exact) mass is 309 g/mol. The largest absolute Gasteiger partial charge is 0.480 e. The summed E-state index contributed by atoms with van der Waals surface area (Å²) >= 11 is 0. The molecule has 1 aromatic carbocycles. The molecule has 1 aliphatic heterocycles. The van der Waals surface area contributed by atoms with Crippen molar-refractivity contribution in [1.29, 1.82) is 0 Å². The van der Waals surface area contributed by atoms with Gasteiger partial charge < -0.3 is 15.2 Å². The van der Waals surface area contributed by atoms with Gasteiger partial charge in [-0.3, -0.25) is 4.79 Å². The number of hydrogen-bond acceptors (Lipinski definition) is 3. The number of ether oxygens (including phenoxy) is 1. The first-order valence-electron chi connectivity index (χ1n) is 7.83. The fourth-order valence-electron chi connectivity index (χ4n) is 2.87. The van der Waals surface area contributed by atoms with Crippen LogP contribution in [0.1, 0.15) is 32.3 Å². The number of fused-ring (bicyclic) bond motifs is 1. The van der Waals surface area contributed by atoms with Crippen LogP contribution in [0.3, 0.4) is 0 Å². The number of aliphatic hydroxyl groups is 1. The van der Waals surface area contributed by atoms with Crippen molar-refractivity contribution in [1.82, 2.24) is 5.32 Å². The molecule has 22 heavy (non-hydrogen) atoms. The Morgan fingerprint density at radius 3 is 2.95 bits per heavy atom. The van der Waals surface area contributed by atoms with Crippen molar-refractivity contribution < 1.29 is 19.0 Å². The van der Waals surface area contributed by atoms with E-state index in [0.717, 1.165) is 12.0 Å². The van der Waals surface area contributed by atoms with Gasteiger partial charge in [-0.1, -0.05) is 13.8 Å². The van der Waals surface area contributed by atoms with E-state index in [2.05, 4.69) is 19.2 Å². The van der Waals surface area contributed by atoms with Crippen LogP contribution in [-0.2, 0) is 11.2 Å². The lowest BCUT2D eigenvalue weighted by atomic mass is 9.94. The van der Waals surface area contributed by atoms with Crippen molar-refractivity contribution in [3.8, 4) is 5.75 Å². The number of nitrogens with one attached hydrogen (secondary N) is 1. The fraction of sp³-hybridized carbons (Fsp3) is 0.588. The minimum Gasteiger partial charge on any atom is -0.480 e. The molecule has 0 fully saturated rings. The van der Waals surface area contributed by atoms with Gasteiger partial charge in [-0.05, 0) is 42.9 Å². The lowest BCUT2D eigenvalue weighted by Crippen LogP contribution is -2.40. The van der Waals surface area contributed by atoms with Gasteiger partial charge in [0.25, 0.3) is 5.91 Å². The molecule has 0 saturated carbocycles. The number of amides is 1. The van der Waals surface area contributed by atoms with Gasteiger partial charge in [0.1, 0.15) is 11.6 Å². The molecule has 0 spiro atoms. The summed E-state index contributed by atoms with van der Waals surface area (Å²) in [6, 6.07) is 4.31. The average Bonchev–Trinajstić information content (AvgIpc) is 2.87. The summed E-state index contributed by atoms with van der Waals surface area (Å²) in [5.74, 6) is 0.862. The predicted octanol–water partition coefficient (Wildman–Crippen LogP) is 2.29. The predicted molar refractivity (Wildman–Crippen MR) is 82.2 cm³/mol. The Kier molecular flexibility index (Phi) is 5.77. The first kappa shape index (κ1) is 16.7. The van der Waals surface area contributed by atoms with Crippen molar-refractivity contribution in [2.75, 3.05) is 13.2 Å². The summed E-state index contributed by atoms with van der Waals surface area (Å²) in [7, 11) is 0. The molecule has 0 aromatic heterocycles. The summed E-state index contributed by atoms with van der Waals surface area (Å²) in [4.78, 5) is 12.2. The second-order valence-corrected chi connectivity index (χ2v) is 6.32. The third-order valence-corrected chi connectivity index (χ3v) is 3.90. The van der Waals surface area contributed by atoms with E-state index in [0.29, 0.717) is 31.1 Å². The van der Waals surface area contributed by atoms with Crippen molar-refractivity contribution in [2.45, 2.75) is 39.2 Å². The number of carbonyl (C=O) groups excluding carboxylic acids is 1. The number of hydrogen-bond donors (Lipinski definition) is 2. The molecule has 1 heterocycles. The number of carbonyl (C=O) groups is 1. The van der Waals surface area contributed by atoms with Gasteiger partial charge in [-0.15, -0.1) is 0 Å². The minimum atomic E-state index is -0.592. The molecule has 1 aliphatic rings. The van der Waals surface area contributed by atoms with E-state index in [9.17, 15) is 9.18 Å². The molecule has 1 amide bonds. The molecule has 2 unspecified atom stereocenters. The Labute approximate surface area is 130 Å². The highest BCUT2D eigenvalue weighted by Gasteiger charge is 2.29. The van der Waals surface area contributed by atoms with E-state index in [1.165, 1.54) is 12.1 Å². The molecule has 2 N–H and O–H groups in total. The Balaban J connectivity index is 1.85. The molecular formula is C17H24FNO3. The lowest BCUT2D eigenvalue weighted by Gasteiger charge is -2.19. The molecule has 0 radical (unpaired) electrons. The van der Waals surface area contributed by atoms with E-state index in [1.807, 2.05) is 0 Å². The van der Waals surface area contributed by atoms with E-state index in [-0.39, 0.29) is 24.2 Å². The number of aliphatic hydroxyl groups excluding tert-OH is 1. The number of halogens is 1. The first-order chi connectivity index (χ1) is 10.5. The summed E-state index contributed by atoms with van der Waals surface area (Å²) in [5, 5.41) is 12.0. The zero-order valence-electron chi connectivity index (χ0n) is 13.1. The van der Waals surface area contributed by atoms with E-state index >= 15 is 0 Å². The Morgan fingerprint density at radius 1 is 1.50 bits per heavy atom. The molecule has 0 bridgehead atoms. The van der Waals surface area contributed by atoms with Crippen LogP contribution < -0.4 is 10.1 Å². The normalized spacial score (nSPS) is 18.0. The van der Waals surface area contributed by atoms with Crippen LogP contribution in [0.4, 0.5) is 4.39 Å². The Morgan fingerprint density at radius 2 is 2.27 bits per heavy atom. The van der Waals surface area contributed by atoms with Gasteiger partial charge in [-0.25, -0.2) is 4.39 Å². The molecule has 2 atom stereocenters. The Hall–Kier alpha value is -1.62. The maximum atomic E-state index is 13.2. The van der Waals surface area contributed by atoms with Crippen LogP contribution in [0.15, 0.2) is 18.2 Å². The fourth-order valence-corrected chi connectivity index (χ4v) is 2.87. The highest BCUT2D eigenvalue weighted by molar-refractivity contribution is 5.82. The van der Waals surface area contributed by atoms with E-state index in [1.54, 1.807) is 6.07 Å². The van der Waals surface area contributed by atoms with E-state index in [4.69, 9.17) is 9.84 Å². The van der Waals surface area contributed by atoms with Gasteiger partial charge in [0.15, 0.2) is 6.10 Å². The standard InChI is InChI=1S/C17H24FNO3/c1-11(2)7-12(5-6-20)10-19-17(21)16-9-13-8-14(18)3-4-15(13)22-16/h3-4,8,11-12,16,20H,5-7,9-10H2,1-2H3,(H,19,21). The molecule has 0 aliphatic carbocycles. The van der Waals surface area contributed by atoms with Crippen LogP contribution in [0.5, 0.6) is 5.75 Å². The minimum absolute atomic E-state index is 0.123. The van der Waals surface area contributed by atoms with Gasteiger partial charge in [0, 0.05) is 25.1 Å². The second-order valence-electron chi connectivity index (χ2n) is 6.32. The molecule has 0 saturated heterocycles. The second kappa shape index (κ2) is 7.58. The SMILES string of the molecule is CC(C)CC(CCO)CNC(=O)C1Cc2cc(F)ccc2O1. The number of benzene rings is 1. The first-order valence-corrected chi connectivity index (χ1v) is 7.83. The van der Waals surface area contributed by atoms with Crippen LogP contribution in [0.25, 0.3) is 0 Å². The third-order valence-electron chi connectivity index (χ3n) is 3.90. The quantitative estimate of drug-likeness (QED) is 0.812. The summed E-state index contributed by atoms with van der Waals surface area (Å²) in [5.41, 5.74) is 0.731. The van der Waals surface area contributed by atoms with Crippen molar-refractivity contribution in [3.63, 3.8) is 0 Å². The van der Waals surface area contributed by atoms with Gasteiger partial charge >= 0.3 is 0 Å². The van der Waals surface area contributed by atoms with Crippen molar-refractivity contribution in [3.05, 3.63) is 29.6 Å². The summed E-state index contributed by atoms with van der Waals surface area (Å²) < 4.78 is 18.7. The van der Waals surface area contributed by atoms with E-state index < -0.39 is 6.10 Å². The lowest BCUT2D eigenvalue weighted by molar-refractivity contribution is -0.127. The Bertz CT molecular complexity index is 519. The van der Waals surface area contributed by atoms with Crippen LogP contribution >= 0.6 is 0 Å². The van der Waals surface area contributed by atoms with Gasteiger partial charge in [0.2, 0.25) is 0 Å². The molecule has 1 aromatic rings. The molecule has 4 nitrogen and oxygen atoms in total. The molecule has 122 valence electrons. The van der Waals surface area contributed by atoms with Crippen LogP contribution in [-0.4, -0.2) is 30.3 Å². The number of rotatable bonds is 7. The van der Waals surface area contributed by atoms with Crippen LogP contribution in [0.2, 0.25) is 0 Å². The maximum Gasteiger partial charge on any atom is 0.261 e. The van der Waals surface area contributed by atoms with Crippen molar-refractivity contribution >= 4 is 5.91 Å². The van der Waals surface area contributed by atoms with Gasteiger partial charge in [-0.2, -0.15) is 0 Å². The molecule has 2 rings (SSSR count). The van der Waals surface area contributed by atoms with Gasteiger partial charge in [0.05, 0.1) is 0 Å². The zero-order valence-corrected chi connectivity index (χ0v) is 13.1. The molecular weight excluding hydrogens is 285 g/mol. The smallest absolute Gasteiger partial charge is 0.261 e. The maximum absolute atomic E-state index is 13.2. The average molecular weight is 309 g/mol.